The third-order valence-electron chi connectivity index (χ3n) is 4.98. The van der Waals surface area contributed by atoms with Crippen LogP contribution in [-0.2, 0) is 16.1 Å². The Bertz CT molecular complexity index is 657. The van der Waals surface area contributed by atoms with E-state index in [1.165, 1.54) is 5.56 Å². The third kappa shape index (κ3) is 5.60. The number of piperazine rings is 1. The van der Waals surface area contributed by atoms with E-state index >= 15 is 0 Å². The van der Waals surface area contributed by atoms with Crippen LogP contribution < -0.4 is 14.8 Å². The number of nitrogens with zero attached hydrogens (tertiary/aromatic N) is 2. The second kappa shape index (κ2) is 9.60. The number of ether oxygens (including phenoxy) is 2. The summed E-state index contributed by atoms with van der Waals surface area (Å²) in [4.78, 5) is 28.3. The van der Waals surface area contributed by atoms with Crippen LogP contribution in [0.15, 0.2) is 18.2 Å². The molecule has 1 aromatic carbocycles. The first-order valence-electron chi connectivity index (χ1n) is 9.81. The summed E-state index contributed by atoms with van der Waals surface area (Å²) in [7, 11) is 0. The van der Waals surface area contributed by atoms with E-state index in [4.69, 9.17) is 9.47 Å². The lowest BCUT2D eigenvalue weighted by Crippen LogP contribution is -2.49. The number of hydrogen-bond acceptors (Lipinski definition) is 5. The molecule has 3 rings (SSSR count). The number of benzene rings is 1. The van der Waals surface area contributed by atoms with E-state index in [0.717, 1.165) is 50.4 Å². The Kier molecular flexibility index (Phi) is 6.92. The number of unbranched alkanes of at least 4 members (excludes halogenated alkanes) is 2. The Balaban J connectivity index is 1.38. The van der Waals surface area contributed by atoms with Crippen LogP contribution in [0.3, 0.4) is 0 Å². The summed E-state index contributed by atoms with van der Waals surface area (Å²) in [6, 6.07) is 6.01. The molecule has 2 aliphatic rings. The van der Waals surface area contributed by atoms with Crippen molar-refractivity contribution in [3.05, 3.63) is 23.8 Å². The molecule has 1 fully saturated rings. The number of hydrogen-bond donors (Lipinski definition) is 1. The van der Waals surface area contributed by atoms with Crippen molar-refractivity contribution < 1.29 is 19.1 Å². The van der Waals surface area contributed by atoms with Crippen LogP contribution >= 0.6 is 0 Å². The number of fused-ring (bicyclic) bond motifs is 1. The minimum Gasteiger partial charge on any atom is -0.454 e. The van der Waals surface area contributed by atoms with Crippen LogP contribution in [0.25, 0.3) is 0 Å². The average Bonchev–Trinajstić information content (AvgIpc) is 3.13. The van der Waals surface area contributed by atoms with Gasteiger partial charge in [0.2, 0.25) is 18.6 Å². The first-order valence-corrected chi connectivity index (χ1v) is 9.81. The molecule has 0 atom stereocenters. The van der Waals surface area contributed by atoms with Gasteiger partial charge < -0.3 is 19.7 Å². The van der Waals surface area contributed by atoms with Crippen molar-refractivity contribution in [3.8, 4) is 11.5 Å². The third-order valence-corrected chi connectivity index (χ3v) is 4.98. The number of nitrogens with one attached hydrogen (secondary N) is 1. The highest BCUT2D eigenvalue weighted by atomic mass is 16.7. The van der Waals surface area contributed by atoms with E-state index in [1.54, 1.807) is 4.90 Å². The van der Waals surface area contributed by atoms with Gasteiger partial charge in [-0.1, -0.05) is 25.8 Å². The Morgan fingerprint density at radius 3 is 2.63 bits per heavy atom. The lowest BCUT2D eigenvalue weighted by Gasteiger charge is -2.34. The van der Waals surface area contributed by atoms with Crippen molar-refractivity contribution in [1.29, 1.82) is 0 Å². The molecule has 7 nitrogen and oxygen atoms in total. The SMILES string of the molecule is CCCCCNC(=O)CC(=O)N1CCN(Cc2ccc3c(c2)OCO3)CC1. The second-order valence-electron chi connectivity index (χ2n) is 7.08. The van der Waals surface area contributed by atoms with Crippen LogP contribution in [0.1, 0.15) is 38.2 Å². The maximum atomic E-state index is 12.3. The lowest BCUT2D eigenvalue weighted by atomic mass is 10.1. The van der Waals surface area contributed by atoms with Crippen molar-refractivity contribution >= 4 is 11.8 Å². The van der Waals surface area contributed by atoms with Gasteiger partial charge in [0.15, 0.2) is 11.5 Å². The molecule has 2 aliphatic heterocycles. The molecule has 0 bridgehead atoms. The van der Waals surface area contributed by atoms with Gasteiger partial charge in [-0.05, 0) is 24.1 Å². The van der Waals surface area contributed by atoms with Crippen LogP contribution in [0.5, 0.6) is 11.5 Å². The van der Waals surface area contributed by atoms with Crippen molar-refractivity contribution in [2.24, 2.45) is 0 Å². The van der Waals surface area contributed by atoms with Gasteiger partial charge in [-0.3, -0.25) is 14.5 Å². The van der Waals surface area contributed by atoms with Gasteiger partial charge in [-0.25, -0.2) is 0 Å². The van der Waals surface area contributed by atoms with Crippen LogP contribution in [-0.4, -0.2) is 61.1 Å². The maximum Gasteiger partial charge on any atom is 0.232 e. The van der Waals surface area contributed by atoms with Gasteiger partial charge in [0.1, 0.15) is 6.42 Å². The Labute approximate surface area is 160 Å². The molecule has 2 heterocycles. The van der Waals surface area contributed by atoms with Crippen molar-refractivity contribution in [3.63, 3.8) is 0 Å². The minimum atomic E-state index is -0.168. The quantitative estimate of drug-likeness (QED) is 0.554. The molecule has 7 heteroatoms. The minimum absolute atomic E-state index is 0.0473. The van der Waals surface area contributed by atoms with Crippen LogP contribution in [0.2, 0.25) is 0 Å². The highest BCUT2D eigenvalue weighted by Gasteiger charge is 2.23. The predicted molar refractivity (Wildman–Crippen MR) is 102 cm³/mol. The van der Waals surface area contributed by atoms with Gasteiger partial charge in [-0.2, -0.15) is 0 Å². The molecule has 27 heavy (non-hydrogen) atoms. The highest BCUT2D eigenvalue weighted by Crippen LogP contribution is 2.32. The molecular formula is C20H29N3O4. The molecule has 0 aliphatic carbocycles. The molecular weight excluding hydrogens is 346 g/mol. The zero-order valence-electron chi connectivity index (χ0n) is 16.0. The van der Waals surface area contributed by atoms with E-state index in [0.29, 0.717) is 19.6 Å². The molecule has 148 valence electrons. The highest BCUT2D eigenvalue weighted by molar-refractivity contribution is 5.96. The molecule has 0 unspecified atom stereocenters. The zero-order valence-corrected chi connectivity index (χ0v) is 16.0. The van der Waals surface area contributed by atoms with E-state index < -0.39 is 0 Å². The van der Waals surface area contributed by atoms with Gasteiger partial charge in [-0.15, -0.1) is 0 Å². The first-order chi connectivity index (χ1) is 13.2. The maximum absolute atomic E-state index is 12.3. The fourth-order valence-corrected chi connectivity index (χ4v) is 3.37. The normalized spacial score (nSPS) is 16.4. The van der Waals surface area contributed by atoms with Gasteiger partial charge in [0.05, 0.1) is 0 Å². The van der Waals surface area contributed by atoms with Crippen molar-refractivity contribution in [2.45, 2.75) is 39.2 Å². The summed E-state index contributed by atoms with van der Waals surface area (Å²) >= 11 is 0. The van der Waals surface area contributed by atoms with Crippen LogP contribution in [0, 0.1) is 0 Å². The van der Waals surface area contributed by atoms with Crippen LogP contribution in [0.4, 0.5) is 0 Å². The molecule has 2 amide bonds. The predicted octanol–water partition coefficient (Wildman–Crippen LogP) is 1.76. The average molecular weight is 375 g/mol. The number of rotatable bonds is 8. The summed E-state index contributed by atoms with van der Waals surface area (Å²) in [6.45, 7) is 6.80. The van der Waals surface area contributed by atoms with Gasteiger partial charge >= 0.3 is 0 Å². The summed E-state index contributed by atoms with van der Waals surface area (Å²) in [5, 5.41) is 2.83. The van der Waals surface area contributed by atoms with E-state index in [9.17, 15) is 9.59 Å². The van der Waals surface area contributed by atoms with E-state index in [-0.39, 0.29) is 25.0 Å². The largest absolute Gasteiger partial charge is 0.454 e. The fourth-order valence-electron chi connectivity index (χ4n) is 3.37. The number of amides is 2. The van der Waals surface area contributed by atoms with E-state index in [1.807, 2.05) is 18.2 Å². The Morgan fingerprint density at radius 2 is 1.85 bits per heavy atom. The molecule has 0 radical (unpaired) electrons. The zero-order chi connectivity index (χ0) is 19.1. The summed E-state index contributed by atoms with van der Waals surface area (Å²) in [5.41, 5.74) is 1.17. The molecule has 1 aromatic rings. The number of carbonyl (C=O) groups is 2. The smallest absolute Gasteiger partial charge is 0.232 e. The summed E-state index contributed by atoms with van der Waals surface area (Å²) in [6.07, 6.45) is 3.13. The standard InChI is InChI=1S/C20H29N3O4/c1-2-3-4-7-21-19(24)13-20(25)23-10-8-22(9-11-23)14-16-5-6-17-18(12-16)27-15-26-17/h5-6,12H,2-4,7-11,13-15H2,1H3,(H,21,24). The summed E-state index contributed by atoms with van der Waals surface area (Å²) in [5.74, 6) is 1.35. The topological polar surface area (TPSA) is 71.1 Å². The van der Waals surface area contributed by atoms with Crippen molar-refractivity contribution in [2.75, 3.05) is 39.5 Å². The first kappa shape index (κ1) is 19.5. The lowest BCUT2D eigenvalue weighted by molar-refractivity contribution is -0.137. The summed E-state index contributed by atoms with van der Waals surface area (Å²) < 4.78 is 10.8. The Morgan fingerprint density at radius 1 is 1.07 bits per heavy atom. The van der Waals surface area contributed by atoms with E-state index in [2.05, 4.69) is 17.1 Å². The molecule has 0 spiro atoms. The fraction of sp³-hybridized carbons (Fsp3) is 0.600. The van der Waals surface area contributed by atoms with Gasteiger partial charge in [0.25, 0.3) is 0 Å². The molecule has 0 aromatic heterocycles. The second-order valence-corrected chi connectivity index (χ2v) is 7.08. The number of carbonyl (C=O) groups excluding carboxylic acids is 2. The van der Waals surface area contributed by atoms with Crippen molar-refractivity contribution in [1.82, 2.24) is 15.1 Å². The van der Waals surface area contributed by atoms with Gasteiger partial charge in [0, 0.05) is 39.3 Å². The molecule has 0 saturated carbocycles. The molecule has 1 saturated heterocycles. The monoisotopic (exact) mass is 375 g/mol. The molecule has 1 N–H and O–H groups in total. The Hall–Kier alpha value is -2.28.